The summed E-state index contributed by atoms with van der Waals surface area (Å²) in [4.78, 5) is 22.0. The van der Waals surface area contributed by atoms with Crippen LogP contribution in [0.4, 0.5) is 34.1 Å². The van der Waals surface area contributed by atoms with Gasteiger partial charge in [-0.2, -0.15) is 0 Å². The van der Waals surface area contributed by atoms with E-state index in [4.69, 9.17) is 0 Å². The zero-order valence-corrected chi connectivity index (χ0v) is 27.7. The molecule has 0 aliphatic rings. The van der Waals surface area contributed by atoms with Crippen LogP contribution in [0.2, 0.25) is 0 Å². The molecule has 0 unspecified atom stereocenters. The average Bonchev–Trinajstić information content (AvgIpc) is 3.16. The Morgan fingerprint density at radius 1 is 0.347 bits per heavy atom. The van der Waals surface area contributed by atoms with Crippen molar-refractivity contribution in [3.05, 3.63) is 169 Å². The van der Waals surface area contributed by atoms with E-state index < -0.39 is 0 Å². The Hall–Kier alpha value is -6.18. The smallest absolute Gasteiger partial charge is 0.0656 e. The number of fused-ring (bicyclic) bond motifs is 4. The molecule has 0 aliphatic carbocycles. The summed E-state index contributed by atoms with van der Waals surface area (Å²) in [6, 6.07) is 40.7. The van der Waals surface area contributed by atoms with Crippen molar-refractivity contribution >= 4 is 93.1 Å². The van der Waals surface area contributed by atoms with Crippen molar-refractivity contribution in [3.8, 4) is 0 Å². The van der Waals surface area contributed by atoms with E-state index in [2.05, 4.69) is 161 Å². The molecule has 0 radical (unpaired) electrons. The summed E-state index contributed by atoms with van der Waals surface area (Å²) in [5.41, 5.74) is 6.14. The fraction of sp³-hybridized carbons (Fsp3) is 0. The van der Waals surface area contributed by atoms with Gasteiger partial charge in [-0.05, 0) is 122 Å². The Morgan fingerprint density at radius 3 is 0.959 bits per heavy atom. The summed E-state index contributed by atoms with van der Waals surface area (Å²) in [6.07, 6.45) is 15.0. The lowest BCUT2D eigenvalue weighted by atomic mass is 10.1. The molecule has 9 aromatic rings. The number of halogens is 1. The van der Waals surface area contributed by atoms with Crippen LogP contribution in [0, 0.1) is 0 Å². The predicted molar refractivity (Wildman–Crippen MR) is 205 cm³/mol. The number of hydrogen-bond acceptors (Lipinski definition) is 6. The van der Waals surface area contributed by atoms with Gasteiger partial charge in [0.05, 0.1) is 15.8 Å². The number of hydrogen-bond donors (Lipinski definition) is 0. The van der Waals surface area contributed by atoms with Gasteiger partial charge in [-0.3, -0.25) is 19.9 Å². The van der Waals surface area contributed by atoms with Crippen LogP contribution in [0.1, 0.15) is 0 Å². The fourth-order valence-electron chi connectivity index (χ4n) is 6.55. The molecule has 232 valence electrons. The third kappa shape index (κ3) is 5.30. The van der Waals surface area contributed by atoms with Gasteiger partial charge in [0.15, 0.2) is 0 Å². The number of aromatic nitrogens is 4. The molecule has 0 N–H and O–H groups in total. The second-order valence-electron chi connectivity index (χ2n) is 11.9. The normalized spacial score (nSPS) is 11.4. The molecule has 0 fully saturated rings. The maximum atomic E-state index is 4.34. The molecule has 0 saturated heterocycles. The van der Waals surface area contributed by atoms with Gasteiger partial charge in [-0.15, -0.1) is 0 Å². The van der Waals surface area contributed by atoms with Gasteiger partial charge >= 0.3 is 0 Å². The maximum absolute atomic E-state index is 4.34. The lowest BCUT2D eigenvalue weighted by Gasteiger charge is -2.31. The Bertz CT molecular complexity index is 2340. The molecule has 0 atom stereocenters. The third-order valence-corrected chi connectivity index (χ3v) is 9.78. The first-order valence-corrected chi connectivity index (χ1v) is 16.7. The zero-order chi connectivity index (χ0) is 32.7. The monoisotopic (exact) mass is 694 g/mol. The van der Waals surface area contributed by atoms with Crippen LogP contribution < -0.4 is 9.80 Å². The minimum Gasteiger partial charge on any atom is -0.309 e. The van der Waals surface area contributed by atoms with Crippen molar-refractivity contribution in [2.75, 3.05) is 9.80 Å². The molecule has 0 spiro atoms. The maximum Gasteiger partial charge on any atom is 0.0656 e. The van der Waals surface area contributed by atoms with Crippen molar-refractivity contribution in [2.24, 2.45) is 0 Å². The third-order valence-electron chi connectivity index (χ3n) is 8.97. The minimum absolute atomic E-state index is 0.948. The lowest BCUT2D eigenvalue weighted by molar-refractivity contribution is 1.24. The molecule has 4 heterocycles. The van der Waals surface area contributed by atoms with E-state index in [0.717, 1.165) is 81.7 Å². The van der Waals surface area contributed by atoms with Crippen LogP contribution in [0.25, 0.3) is 43.1 Å². The molecule has 6 nitrogen and oxygen atoms in total. The second kappa shape index (κ2) is 12.1. The van der Waals surface area contributed by atoms with E-state index >= 15 is 0 Å². The first-order chi connectivity index (χ1) is 24.2. The van der Waals surface area contributed by atoms with Crippen molar-refractivity contribution in [3.63, 3.8) is 0 Å². The average molecular weight is 696 g/mol. The highest BCUT2D eigenvalue weighted by molar-refractivity contribution is 9.10. The Morgan fingerprint density at radius 2 is 0.653 bits per heavy atom. The molecular weight excluding hydrogens is 668 g/mol. The molecule has 4 aromatic heterocycles. The number of pyridine rings is 4. The highest BCUT2D eigenvalue weighted by atomic mass is 79.9. The van der Waals surface area contributed by atoms with Crippen LogP contribution in [-0.4, -0.2) is 19.9 Å². The van der Waals surface area contributed by atoms with Gasteiger partial charge in [0, 0.05) is 93.9 Å². The Labute approximate surface area is 291 Å². The molecule has 7 heteroatoms. The molecule has 0 saturated carbocycles. The van der Waals surface area contributed by atoms with Crippen LogP contribution in [0.5, 0.6) is 0 Å². The van der Waals surface area contributed by atoms with Gasteiger partial charge in [0.1, 0.15) is 0 Å². The number of rotatable bonds is 6. The van der Waals surface area contributed by atoms with Crippen LogP contribution in [0.3, 0.4) is 0 Å². The highest BCUT2D eigenvalue weighted by Crippen LogP contribution is 2.48. The number of benzene rings is 5. The van der Waals surface area contributed by atoms with E-state index in [0.29, 0.717) is 0 Å². The van der Waals surface area contributed by atoms with Gasteiger partial charge in [0.2, 0.25) is 0 Å². The van der Waals surface area contributed by atoms with Crippen LogP contribution in [-0.2, 0) is 0 Å². The summed E-state index contributed by atoms with van der Waals surface area (Å²) < 4.78 is 0.948. The molecule has 5 aromatic carbocycles. The van der Waals surface area contributed by atoms with E-state index in [9.17, 15) is 0 Å². The molecular formula is C42H27BrN6. The van der Waals surface area contributed by atoms with Gasteiger partial charge in [-0.25, -0.2) is 0 Å². The molecule has 9 rings (SSSR count). The van der Waals surface area contributed by atoms with Crippen molar-refractivity contribution < 1.29 is 0 Å². The SMILES string of the molecule is Brc1c(N(c2ccc3cnccc3c2)c2ccc3cnccc3c2)cccc1N(c1ccc2cnccc2c1)c1ccc2cnccc2c1. The van der Waals surface area contributed by atoms with E-state index in [1.165, 1.54) is 0 Å². The van der Waals surface area contributed by atoms with Gasteiger partial charge in [0.25, 0.3) is 0 Å². The summed E-state index contributed by atoms with van der Waals surface area (Å²) in [7, 11) is 0. The first-order valence-electron chi connectivity index (χ1n) is 15.9. The molecule has 0 aliphatic heterocycles. The molecule has 0 bridgehead atoms. The Balaban J connectivity index is 1.27. The Kier molecular flexibility index (Phi) is 7.17. The summed E-state index contributed by atoms with van der Waals surface area (Å²) >= 11 is 4.15. The van der Waals surface area contributed by atoms with Gasteiger partial charge in [-0.1, -0.05) is 30.3 Å². The van der Waals surface area contributed by atoms with Gasteiger partial charge < -0.3 is 9.80 Å². The highest BCUT2D eigenvalue weighted by Gasteiger charge is 2.23. The molecule has 0 amide bonds. The standard InChI is InChI=1S/C42H27BrN6/c43-42-40(48(36-8-4-32-24-44-16-12-28(32)20-36)37-9-5-33-25-45-17-13-29(33)21-37)2-1-3-41(42)49(38-10-6-34-26-46-18-14-30(34)22-38)39-11-7-35-27-47-19-15-31(35)23-39/h1-27H. The van der Waals surface area contributed by atoms with Crippen molar-refractivity contribution in [1.29, 1.82) is 0 Å². The predicted octanol–water partition coefficient (Wildman–Crippen LogP) is 11.6. The minimum atomic E-state index is 0.948. The van der Waals surface area contributed by atoms with E-state index in [1.807, 2.05) is 49.6 Å². The fourth-order valence-corrected chi connectivity index (χ4v) is 7.17. The van der Waals surface area contributed by atoms with Crippen molar-refractivity contribution in [1.82, 2.24) is 19.9 Å². The van der Waals surface area contributed by atoms with Crippen LogP contribution in [0.15, 0.2) is 169 Å². The molecule has 49 heavy (non-hydrogen) atoms. The quantitative estimate of drug-likeness (QED) is 0.173. The van der Waals surface area contributed by atoms with E-state index in [-0.39, 0.29) is 0 Å². The summed E-state index contributed by atoms with van der Waals surface area (Å²) in [5, 5.41) is 8.84. The van der Waals surface area contributed by atoms with E-state index in [1.54, 1.807) is 0 Å². The van der Waals surface area contributed by atoms with Crippen LogP contribution >= 0.6 is 15.9 Å². The van der Waals surface area contributed by atoms with Crippen molar-refractivity contribution in [2.45, 2.75) is 0 Å². The second-order valence-corrected chi connectivity index (χ2v) is 12.7. The number of anilines is 6. The lowest BCUT2D eigenvalue weighted by Crippen LogP contribution is -2.14. The zero-order valence-electron chi connectivity index (χ0n) is 26.1. The largest absolute Gasteiger partial charge is 0.309 e. The summed E-state index contributed by atoms with van der Waals surface area (Å²) in [6.45, 7) is 0. The topological polar surface area (TPSA) is 58.0 Å². The summed E-state index contributed by atoms with van der Waals surface area (Å²) in [5.74, 6) is 0. The first kappa shape index (κ1) is 29.0. The number of nitrogens with zero attached hydrogens (tertiary/aromatic N) is 6.